The second kappa shape index (κ2) is 5.47. The summed E-state index contributed by atoms with van der Waals surface area (Å²) in [7, 11) is 0. The van der Waals surface area contributed by atoms with E-state index in [4.69, 9.17) is 9.47 Å². The molecule has 6 heteroatoms. The summed E-state index contributed by atoms with van der Waals surface area (Å²) in [6.45, 7) is 5.03. The van der Waals surface area contributed by atoms with E-state index >= 15 is 0 Å². The van der Waals surface area contributed by atoms with E-state index in [2.05, 4.69) is 29.1 Å². The van der Waals surface area contributed by atoms with Crippen molar-refractivity contribution >= 4 is 11.7 Å². The van der Waals surface area contributed by atoms with Crippen molar-refractivity contribution in [3.8, 4) is 11.5 Å². The second-order valence-corrected chi connectivity index (χ2v) is 7.04. The Kier molecular flexibility index (Phi) is 3.40. The number of nitrogens with one attached hydrogen (secondary N) is 1. The molecule has 2 heterocycles. The van der Waals surface area contributed by atoms with E-state index < -0.39 is 0 Å². The number of aromatic nitrogens is 2. The van der Waals surface area contributed by atoms with Crippen molar-refractivity contribution in [1.82, 2.24) is 9.97 Å². The van der Waals surface area contributed by atoms with Crippen LogP contribution in [0.1, 0.15) is 41.9 Å². The molecule has 0 fully saturated rings. The van der Waals surface area contributed by atoms with E-state index in [-0.39, 0.29) is 18.0 Å². The highest BCUT2D eigenvalue weighted by Crippen LogP contribution is 2.34. The highest BCUT2D eigenvalue weighted by Gasteiger charge is 2.32. The average molecular weight is 325 g/mol. The fraction of sp³-hybridized carbons (Fsp3) is 0.389. The zero-order valence-corrected chi connectivity index (χ0v) is 13.8. The predicted molar refractivity (Wildman–Crippen MR) is 88.4 cm³/mol. The zero-order chi connectivity index (χ0) is 16.7. The number of hydrogen-bond acceptors (Lipinski definition) is 6. The Morgan fingerprint density at radius 1 is 1.21 bits per heavy atom. The van der Waals surface area contributed by atoms with E-state index in [0.717, 1.165) is 29.2 Å². The van der Waals surface area contributed by atoms with Crippen molar-refractivity contribution in [2.45, 2.75) is 33.2 Å². The number of fused-ring (bicyclic) bond motifs is 2. The lowest BCUT2D eigenvalue weighted by Gasteiger charge is -2.29. The highest BCUT2D eigenvalue weighted by atomic mass is 16.7. The highest BCUT2D eigenvalue weighted by molar-refractivity contribution is 5.98. The Morgan fingerprint density at radius 3 is 2.92 bits per heavy atom. The molecule has 1 aromatic carbocycles. The van der Waals surface area contributed by atoms with E-state index in [1.54, 1.807) is 6.20 Å². The smallest absolute Gasteiger partial charge is 0.231 e. The first-order valence-electron chi connectivity index (χ1n) is 8.02. The molecule has 0 bridgehead atoms. The van der Waals surface area contributed by atoms with Gasteiger partial charge < -0.3 is 14.8 Å². The van der Waals surface area contributed by atoms with Crippen LogP contribution in [-0.2, 0) is 13.0 Å². The van der Waals surface area contributed by atoms with Gasteiger partial charge in [0.2, 0.25) is 12.7 Å². The molecule has 0 unspecified atom stereocenters. The van der Waals surface area contributed by atoms with Crippen LogP contribution in [0.4, 0.5) is 5.95 Å². The van der Waals surface area contributed by atoms with E-state index in [9.17, 15) is 4.79 Å². The first kappa shape index (κ1) is 14.9. The predicted octanol–water partition coefficient (Wildman–Crippen LogP) is 2.97. The molecule has 1 aliphatic carbocycles. The van der Waals surface area contributed by atoms with Gasteiger partial charge in [-0.15, -0.1) is 0 Å². The Balaban J connectivity index is 1.51. The normalized spacial score (nSPS) is 17.5. The maximum atomic E-state index is 12.2. The monoisotopic (exact) mass is 325 g/mol. The number of ketones is 1. The van der Waals surface area contributed by atoms with Crippen LogP contribution < -0.4 is 14.8 Å². The molecule has 1 aromatic heterocycles. The lowest BCUT2D eigenvalue weighted by molar-refractivity contribution is 0.0910. The standard InChI is InChI=1S/C18H19N3O3/c1-18(2)6-13-12(14(22)7-18)9-20-17(21-13)19-8-11-3-4-15-16(5-11)24-10-23-15/h3-5,9H,6-8,10H2,1-2H3,(H,19,20,21). The first-order chi connectivity index (χ1) is 11.5. The Bertz CT molecular complexity index is 817. The van der Waals surface area contributed by atoms with Gasteiger partial charge in [0.05, 0.1) is 11.3 Å². The Labute approximate surface area is 140 Å². The molecule has 0 amide bonds. The SMILES string of the molecule is CC1(C)CC(=O)c2cnc(NCc3ccc4c(c3)OCO4)nc2C1. The summed E-state index contributed by atoms with van der Waals surface area (Å²) in [5.41, 5.74) is 2.49. The summed E-state index contributed by atoms with van der Waals surface area (Å²) in [6, 6.07) is 5.82. The van der Waals surface area contributed by atoms with Crippen molar-refractivity contribution in [2.75, 3.05) is 12.1 Å². The van der Waals surface area contributed by atoms with Crippen LogP contribution in [0.3, 0.4) is 0 Å². The molecule has 0 saturated carbocycles. The number of Topliss-reactive ketones (excluding diaryl/α,β-unsaturated/α-hetero) is 1. The number of ether oxygens (including phenoxy) is 2. The van der Waals surface area contributed by atoms with Crippen LogP contribution in [0.2, 0.25) is 0 Å². The molecule has 1 N–H and O–H groups in total. The maximum absolute atomic E-state index is 12.2. The van der Waals surface area contributed by atoms with Crippen LogP contribution in [0.15, 0.2) is 24.4 Å². The van der Waals surface area contributed by atoms with Crippen LogP contribution >= 0.6 is 0 Å². The summed E-state index contributed by atoms with van der Waals surface area (Å²) < 4.78 is 10.7. The molecule has 1 aliphatic heterocycles. The van der Waals surface area contributed by atoms with Crippen LogP contribution in [0.25, 0.3) is 0 Å². The summed E-state index contributed by atoms with van der Waals surface area (Å²) in [5, 5.41) is 3.21. The fourth-order valence-corrected chi connectivity index (χ4v) is 3.15. The van der Waals surface area contributed by atoms with Gasteiger partial charge in [0.15, 0.2) is 17.3 Å². The summed E-state index contributed by atoms with van der Waals surface area (Å²) in [4.78, 5) is 21.0. The minimum absolute atomic E-state index is 0.0486. The Morgan fingerprint density at radius 2 is 2.04 bits per heavy atom. The molecule has 2 aromatic rings. The van der Waals surface area contributed by atoms with Crippen molar-refractivity contribution in [3.05, 3.63) is 41.2 Å². The number of anilines is 1. The molecule has 2 aliphatic rings. The van der Waals surface area contributed by atoms with Crippen molar-refractivity contribution in [3.63, 3.8) is 0 Å². The van der Waals surface area contributed by atoms with Gasteiger partial charge in [0.25, 0.3) is 0 Å². The average Bonchev–Trinajstić information content (AvgIpc) is 2.99. The minimum Gasteiger partial charge on any atom is -0.454 e. The van der Waals surface area contributed by atoms with Gasteiger partial charge >= 0.3 is 0 Å². The van der Waals surface area contributed by atoms with Gasteiger partial charge in [0.1, 0.15) is 0 Å². The lowest BCUT2D eigenvalue weighted by atomic mass is 9.76. The van der Waals surface area contributed by atoms with Gasteiger partial charge in [-0.2, -0.15) is 0 Å². The van der Waals surface area contributed by atoms with E-state index in [0.29, 0.717) is 24.5 Å². The van der Waals surface area contributed by atoms with Gasteiger partial charge in [-0.25, -0.2) is 9.97 Å². The molecule has 6 nitrogen and oxygen atoms in total. The third-order valence-electron chi connectivity index (χ3n) is 4.34. The Hall–Kier alpha value is -2.63. The van der Waals surface area contributed by atoms with Crippen LogP contribution in [0.5, 0.6) is 11.5 Å². The van der Waals surface area contributed by atoms with Crippen LogP contribution in [-0.4, -0.2) is 22.5 Å². The number of carbonyl (C=O) groups excluding carboxylic acids is 1. The quantitative estimate of drug-likeness (QED) is 0.935. The van der Waals surface area contributed by atoms with Gasteiger partial charge in [0, 0.05) is 19.2 Å². The largest absolute Gasteiger partial charge is 0.454 e. The van der Waals surface area contributed by atoms with Crippen molar-refractivity contribution in [2.24, 2.45) is 5.41 Å². The molecular formula is C18H19N3O3. The first-order valence-corrected chi connectivity index (χ1v) is 8.02. The van der Waals surface area contributed by atoms with E-state index in [1.807, 2.05) is 18.2 Å². The molecular weight excluding hydrogens is 306 g/mol. The topological polar surface area (TPSA) is 73.3 Å². The molecule has 0 saturated heterocycles. The molecule has 0 radical (unpaired) electrons. The van der Waals surface area contributed by atoms with Crippen LogP contribution in [0, 0.1) is 5.41 Å². The van der Waals surface area contributed by atoms with Gasteiger partial charge in [-0.1, -0.05) is 19.9 Å². The summed E-state index contributed by atoms with van der Waals surface area (Å²) in [6.07, 6.45) is 2.98. The number of carbonyl (C=O) groups is 1. The van der Waals surface area contributed by atoms with Crippen molar-refractivity contribution < 1.29 is 14.3 Å². The fourth-order valence-electron chi connectivity index (χ4n) is 3.15. The maximum Gasteiger partial charge on any atom is 0.231 e. The number of nitrogens with zero attached hydrogens (tertiary/aromatic N) is 2. The molecule has 4 rings (SSSR count). The van der Waals surface area contributed by atoms with Crippen molar-refractivity contribution in [1.29, 1.82) is 0 Å². The summed E-state index contributed by atoms with van der Waals surface area (Å²) in [5.74, 6) is 2.19. The van der Waals surface area contributed by atoms with E-state index in [1.165, 1.54) is 0 Å². The number of hydrogen-bond donors (Lipinski definition) is 1. The van der Waals surface area contributed by atoms with Gasteiger partial charge in [-0.05, 0) is 29.5 Å². The number of benzene rings is 1. The lowest BCUT2D eigenvalue weighted by Crippen LogP contribution is -2.28. The second-order valence-electron chi connectivity index (χ2n) is 7.04. The minimum atomic E-state index is -0.0486. The molecule has 124 valence electrons. The third-order valence-corrected chi connectivity index (χ3v) is 4.34. The molecule has 0 spiro atoms. The number of rotatable bonds is 3. The summed E-state index contributed by atoms with van der Waals surface area (Å²) >= 11 is 0. The zero-order valence-electron chi connectivity index (χ0n) is 13.8. The third kappa shape index (κ3) is 2.79. The molecule has 24 heavy (non-hydrogen) atoms. The van der Waals surface area contributed by atoms with Gasteiger partial charge in [-0.3, -0.25) is 4.79 Å². The molecule has 0 atom stereocenters.